The van der Waals surface area contributed by atoms with Crippen molar-refractivity contribution in [2.24, 2.45) is 12.9 Å². The fourth-order valence-electron chi connectivity index (χ4n) is 1.53. The lowest BCUT2D eigenvalue weighted by Crippen LogP contribution is -2.29. The number of carbonyl (C=O) groups is 1. The number of nitrogens with one attached hydrogen (secondary N) is 1. The number of carbonyl (C=O) groups excluding carboxylic acids is 1. The van der Waals surface area contributed by atoms with Gasteiger partial charge in [0.1, 0.15) is 0 Å². The van der Waals surface area contributed by atoms with Crippen molar-refractivity contribution in [3.63, 3.8) is 0 Å². The summed E-state index contributed by atoms with van der Waals surface area (Å²) in [7, 11) is 1.89. The van der Waals surface area contributed by atoms with Gasteiger partial charge in [0.05, 0.1) is 6.20 Å². The summed E-state index contributed by atoms with van der Waals surface area (Å²) in [6.07, 6.45) is 3.78. The van der Waals surface area contributed by atoms with Crippen LogP contribution in [0, 0.1) is 0 Å². The smallest absolute Gasteiger partial charge is 0.265 e. The molecule has 0 aliphatic rings. The SMILES string of the molecule is Cn1cc(SCc2cccc(C(=O)NN)c2)cn1. The molecule has 1 amide bonds. The van der Waals surface area contributed by atoms with E-state index in [1.54, 1.807) is 22.5 Å². The first-order chi connectivity index (χ1) is 8.69. The van der Waals surface area contributed by atoms with E-state index in [9.17, 15) is 4.79 Å². The second kappa shape index (κ2) is 5.70. The van der Waals surface area contributed by atoms with Crippen molar-refractivity contribution in [3.8, 4) is 0 Å². The zero-order valence-electron chi connectivity index (χ0n) is 9.96. The third-order valence-corrected chi connectivity index (χ3v) is 3.43. The van der Waals surface area contributed by atoms with Crippen molar-refractivity contribution in [2.75, 3.05) is 0 Å². The van der Waals surface area contributed by atoms with Crippen LogP contribution >= 0.6 is 11.8 Å². The summed E-state index contributed by atoms with van der Waals surface area (Å²) in [4.78, 5) is 12.5. The number of benzene rings is 1. The molecule has 0 fully saturated rings. The number of aromatic nitrogens is 2. The molecule has 0 atom stereocenters. The van der Waals surface area contributed by atoms with E-state index in [1.807, 2.05) is 37.6 Å². The van der Waals surface area contributed by atoms with Crippen molar-refractivity contribution >= 4 is 17.7 Å². The molecule has 0 unspecified atom stereocenters. The summed E-state index contributed by atoms with van der Waals surface area (Å²) in [5, 5.41) is 4.10. The van der Waals surface area contributed by atoms with E-state index in [4.69, 9.17) is 5.84 Å². The number of thioether (sulfide) groups is 1. The summed E-state index contributed by atoms with van der Waals surface area (Å²) in [6.45, 7) is 0. The van der Waals surface area contributed by atoms with Gasteiger partial charge in [-0.25, -0.2) is 5.84 Å². The maximum Gasteiger partial charge on any atom is 0.265 e. The highest BCUT2D eigenvalue weighted by Crippen LogP contribution is 2.22. The fourth-order valence-corrected chi connectivity index (χ4v) is 2.39. The molecule has 94 valence electrons. The van der Waals surface area contributed by atoms with E-state index in [0.29, 0.717) is 5.56 Å². The number of aryl methyl sites for hydroxylation is 1. The van der Waals surface area contributed by atoms with Gasteiger partial charge in [0.25, 0.3) is 5.91 Å². The van der Waals surface area contributed by atoms with Crippen molar-refractivity contribution in [1.82, 2.24) is 15.2 Å². The van der Waals surface area contributed by atoms with Gasteiger partial charge in [-0.3, -0.25) is 14.9 Å². The molecule has 3 N–H and O–H groups in total. The standard InChI is InChI=1S/C12H14N4OS/c1-16-7-11(6-14-16)18-8-9-3-2-4-10(5-9)12(17)15-13/h2-7H,8,13H2,1H3,(H,15,17). The number of hydrazine groups is 1. The molecule has 0 spiro atoms. The molecule has 2 aromatic rings. The van der Waals surface area contributed by atoms with Crippen LogP contribution in [0.25, 0.3) is 0 Å². The van der Waals surface area contributed by atoms with Crippen LogP contribution in [0.15, 0.2) is 41.6 Å². The maximum atomic E-state index is 11.4. The first-order valence-electron chi connectivity index (χ1n) is 5.40. The van der Waals surface area contributed by atoms with Crippen LogP contribution in [0.2, 0.25) is 0 Å². The summed E-state index contributed by atoms with van der Waals surface area (Å²) < 4.78 is 1.76. The molecule has 5 nitrogen and oxygen atoms in total. The molecule has 6 heteroatoms. The Hall–Kier alpha value is -1.79. The number of nitrogens with zero attached hydrogens (tertiary/aromatic N) is 2. The predicted molar refractivity (Wildman–Crippen MR) is 70.9 cm³/mol. The monoisotopic (exact) mass is 262 g/mol. The van der Waals surface area contributed by atoms with Crippen LogP contribution in [0.3, 0.4) is 0 Å². The van der Waals surface area contributed by atoms with Gasteiger partial charge in [0, 0.05) is 29.5 Å². The van der Waals surface area contributed by atoms with Gasteiger partial charge in [-0.1, -0.05) is 12.1 Å². The highest BCUT2D eigenvalue weighted by molar-refractivity contribution is 7.98. The first-order valence-corrected chi connectivity index (χ1v) is 6.39. The van der Waals surface area contributed by atoms with Gasteiger partial charge in [-0.05, 0) is 17.7 Å². The Kier molecular flexibility index (Phi) is 4.01. The zero-order valence-corrected chi connectivity index (χ0v) is 10.8. The Morgan fingerprint density at radius 3 is 3.06 bits per heavy atom. The Bertz CT molecular complexity index is 553. The second-order valence-corrected chi connectivity index (χ2v) is 4.86. The van der Waals surface area contributed by atoms with E-state index in [2.05, 4.69) is 10.5 Å². The minimum Gasteiger partial charge on any atom is -0.290 e. The third kappa shape index (κ3) is 3.12. The number of rotatable bonds is 4. The maximum absolute atomic E-state index is 11.4. The molecule has 1 aromatic carbocycles. The Morgan fingerprint density at radius 2 is 2.39 bits per heavy atom. The van der Waals surface area contributed by atoms with Gasteiger partial charge in [0.2, 0.25) is 0 Å². The van der Waals surface area contributed by atoms with Crippen LogP contribution in [0.5, 0.6) is 0 Å². The zero-order chi connectivity index (χ0) is 13.0. The normalized spacial score (nSPS) is 10.3. The molecule has 1 aromatic heterocycles. The highest BCUT2D eigenvalue weighted by atomic mass is 32.2. The summed E-state index contributed by atoms with van der Waals surface area (Å²) in [6, 6.07) is 7.41. The highest BCUT2D eigenvalue weighted by Gasteiger charge is 2.04. The average molecular weight is 262 g/mol. The average Bonchev–Trinajstić information content (AvgIpc) is 2.81. The Morgan fingerprint density at radius 1 is 1.56 bits per heavy atom. The lowest BCUT2D eigenvalue weighted by Gasteiger charge is -2.03. The van der Waals surface area contributed by atoms with Crippen LogP contribution in [-0.4, -0.2) is 15.7 Å². The lowest BCUT2D eigenvalue weighted by atomic mass is 10.1. The van der Waals surface area contributed by atoms with Gasteiger partial charge in [-0.15, -0.1) is 11.8 Å². The Labute approximate surface area is 109 Å². The van der Waals surface area contributed by atoms with Crippen molar-refractivity contribution < 1.29 is 4.79 Å². The quantitative estimate of drug-likeness (QED) is 0.377. The molecule has 2 rings (SSSR count). The minimum atomic E-state index is -0.275. The molecule has 0 saturated heterocycles. The van der Waals surface area contributed by atoms with E-state index in [1.165, 1.54) is 0 Å². The fraction of sp³-hybridized carbons (Fsp3) is 0.167. The third-order valence-electron chi connectivity index (χ3n) is 2.41. The van der Waals surface area contributed by atoms with Gasteiger partial charge < -0.3 is 0 Å². The molecule has 1 heterocycles. The van der Waals surface area contributed by atoms with Crippen molar-refractivity contribution in [2.45, 2.75) is 10.6 Å². The predicted octanol–water partition coefficient (Wildman–Crippen LogP) is 1.32. The van der Waals surface area contributed by atoms with E-state index < -0.39 is 0 Å². The summed E-state index contributed by atoms with van der Waals surface area (Å²) in [5.41, 5.74) is 3.77. The Balaban J connectivity index is 2.03. The molecule has 0 aliphatic carbocycles. The van der Waals surface area contributed by atoms with Crippen LogP contribution in [0.1, 0.15) is 15.9 Å². The largest absolute Gasteiger partial charge is 0.290 e. The minimum absolute atomic E-state index is 0.275. The van der Waals surface area contributed by atoms with Crippen LogP contribution in [-0.2, 0) is 12.8 Å². The lowest BCUT2D eigenvalue weighted by molar-refractivity contribution is 0.0953. The molecule has 0 bridgehead atoms. The number of nitrogens with two attached hydrogens (primary N) is 1. The van der Waals surface area contributed by atoms with Crippen LogP contribution < -0.4 is 11.3 Å². The van der Waals surface area contributed by atoms with Gasteiger partial charge >= 0.3 is 0 Å². The summed E-state index contributed by atoms with van der Waals surface area (Å²) in [5.74, 6) is 5.62. The molecular formula is C12H14N4OS. The van der Waals surface area contributed by atoms with E-state index in [-0.39, 0.29) is 5.91 Å². The number of nitrogen functional groups attached to an aromatic ring is 1. The van der Waals surface area contributed by atoms with Crippen molar-refractivity contribution in [3.05, 3.63) is 47.8 Å². The molecule has 18 heavy (non-hydrogen) atoms. The van der Waals surface area contributed by atoms with E-state index in [0.717, 1.165) is 16.2 Å². The molecule has 0 radical (unpaired) electrons. The van der Waals surface area contributed by atoms with Gasteiger partial charge in [0.15, 0.2) is 0 Å². The topological polar surface area (TPSA) is 72.9 Å². The molecule has 0 aliphatic heterocycles. The number of amides is 1. The first kappa shape index (κ1) is 12.7. The van der Waals surface area contributed by atoms with Crippen LogP contribution in [0.4, 0.5) is 0 Å². The number of hydrogen-bond donors (Lipinski definition) is 2. The van der Waals surface area contributed by atoms with Crippen molar-refractivity contribution in [1.29, 1.82) is 0 Å². The molecular weight excluding hydrogens is 248 g/mol. The van der Waals surface area contributed by atoms with Gasteiger partial charge in [-0.2, -0.15) is 5.10 Å². The second-order valence-electron chi connectivity index (χ2n) is 3.81. The molecule has 0 saturated carbocycles. The number of hydrogen-bond acceptors (Lipinski definition) is 4. The summed E-state index contributed by atoms with van der Waals surface area (Å²) >= 11 is 1.68. The van der Waals surface area contributed by atoms with E-state index >= 15 is 0 Å².